The monoisotopic (exact) mass is 304 g/mol. The Balaban J connectivity index is 2.25. The normalized spacial score (nSPS) is 11.3. The smallest absolute Gasteiger partial charge is 0.142 e. The maximum absolute atomic E-state index is 5.55. The Bertz CT molecular complexity index is 740. The number of hydrogen-bond acceptors (Lipinski definition) is 2. The second kappa shape index (κ2) is 3.99. The van der Waals surface area contributed by atoms with Crippen LogP contribution in [0.25, 0.3) is 22.4 Å². The molecule has 0 bridgehead atoms. The minimum Gasteiger partial charge on any atom is -0.466 e. The summed E-state index contributed by atoms with van der Waals surface area (Å²) in [5.74, 6) is 2.66. The van der Waals surface area contributed by atoms with Crippen LogP contribution in [0.4, 0.5) is 0 Å². The Morgan fingerprint density at radius 3 is 2.61 bits per heavy atom. The molecule has 0 unspecified atom stereocenters. The van der Waals surface area contributed by atoms with Crippen LogP contribution in [0, 0.1) is 20.8 Å². The molecule has 1 aromatic carbocycles. The average Bonchev–Trinajstić information content (AvgIpc) is 2.81. The van der Waals surface area contributed by atoms with E-state index in [0.717, 1.165) is 44.0 Å². The summed E-state index contributed by atoms with van der Waals surface area (Å²) in [5, 5.41) is 0. The van der Waals surface area contributed by atoms with Gasteiger partial charge in [-0.15, -0.1) is 0 Å². The Kier molecular flexibility index (Phi) is 2.55. The molecule has 0 atom stereocenters. The van der Waals surface area contributed by atoms with Crippen molar-refractivity contribution in [3.63, 3.8) is 0 Å². The highest BCUT2D eigenvalue weighted by Crippen LogP contribution is 2.29. The summed E-state index contributed by atoms with van der Waals surface area (Å²) < 4.78 is 6.61. The molecule has 0 aliphatic heterocycles. The number of H-pyrrole nitrogens is 1. The lowest BCUT2D eigenvalue weighted by atomic mass is 10.2. The summed E-state index contributed by atoms with van der Waals surface area (Å²) in [6.45, 7) is 5.96. The first-order valence-electron chi connectivity index (χ1n) is 5.78. The first kappa shape index (κ1) is 11.5. The van der Waals surface area contributed by atoms with Crippen LogP contribution in [0.15, 0.2) is 27.1 Å². The number of aromatic nitrogens is 2. The average molecular weight is 305 g/mol. The van der Waals surface area contributed by atoms with Crippen molar-refractivity contribution in [1.29, 1.82) is 0 Å². The molecular formula is C14H13BrN2O. The molecule has 3 aromatic rings. The van der Waals surface area contributed by atoms with Gasteiger partial charge in [0.2, 0.25) is 0 Å². The van der Waals surface area contributed by atoms with E-state index in [1.54, 1.807) is 0 Å². The number of fused-ring (bicyclic) bond motifs is 1. The summed E-state index contributed by atoms with van der Waals surface area (Å²) in [4.78, 5) is 8.01. The number of benzene rings is 1. The lowest BCUT2D eigenvalue weighted by Gasteiger charge is -1.94. The van der Waals surface area contributed by atoms with Gasteiger partial charge in [-0.05, 0) is 44.5 Å². The van der Waals surface area contributed by atoms with Crippen molar-refractivity contribution >= 4 is 27.0 Å². The fourth-order valence-electron chi connectivity index (χ4n) is 2.24. The zero-order chi connectivity index (χ0) is 12.9. The predicted molar refractivity (Wildman–Crippen MR) is 75.7 cm³/mol. The highest BCUT2D eigenvalue weighted by atomic mass is 79.9. The minimum absolute atomic E-state index is 0.862. The van der Waals surface area contributed by atoms with Gasteiger partial charge in [0.05, 0.1) is 16.6 Å². The fourth-order valence-corrected chi connectivity index (χ4v) is 2.81. The molecule has 0 spiro atoms. The van der Waals surface area contributed by atoms with E-state index in [2.05, 4.69) is 38.9 Å². The molecule has 4 heteroatoms. The Morgan fingerprint density at radius 2 is 1.94 bits per heavy atom. The predicted octanol–water partition coefficient (Wildman–Crippen LogP) is 4.51. The summed E-state index contributed by atoms with van der Waals surface area (Å²) in [5.41, 5.74) is 4.22. The number of nitrogens with one attached hydrogen (secondary N) is 1. The molecule has 3 rings (SSSR count). The van der Waals surface area contributed by atoms with Crippen molar-refractivity contribution < 1.29 is 4.42 Å². The Labute approximate surface area is 113 Å². The molecule has 0 radical (unpaired) electrons. The van der Waals surface area contributed by atoms with Gasteiger partial charge in [0.1, 0.15) is 17.3 Å². The Hall–Kier alpha value is -1.55. The van der Waals surface area contributed by atoms with Crippen LogP contribution in [-0.4, -0.2) is 9.97 Å². The third-order valence-electron chi connectivity index (χ3n) is 3.04. The molecule has 92 valence electrons. The molecule has 0 aliphatic rings. The van der Waals surface area contributed by atoms with E-state index in [9.17, 15) is 0 Å². The quantitative estimate of drug-likeness (QED) is 0.718. The van der Waals surface area contributed by atoms with Crippen molar-refractivity contribution in [1.82, 2.24) is 9.97 Å². The van der Waals surface area contributed by atoms with E-state index < -0.39 is 0 Å². The minimum atomic E-state index is 0.862. The van der Waals surface area contributed by atoms with Crippen molar-refractivity contribution in [2.45, 2.75) is 20.8 Å². The van der Waals surface area contributed by atoms with Gasteiger partial charge in [0.15, 0.2) is 0 Å². The lowest BCUT2D eigenvalue weighted by molar-refractivity contribution is 0.505. The zero-order valence-corrected chi connectivity index (χ0v) is 12.1. The summed E-state index contributed by atoms with van der Waals surface area (Å²) in [6, 6.07) is 6.12. The number of aryl methyl sites for hydroxylation is 3. The topological polar surface area (TPSA) is 41.8 Å². The van der Waals surface area contributed by atoms with E-state index >= 15 is 0 Å². The number of aromatic amines is 1. The SMILES string of the molecule is Cc1cc(-c2nc3c(C)cc(Br)cc3[nH]2)c(C)o1. The number of imidazole rings is 1. The maximum atomic E-state index is 5.55. The molecular weight excluding hydrogens is 292 g/mol. The van der Waals surface area contributed by atoms with Crippen LogP contribution in [0.5, 0.6) is 0 Å². The fraction of sp³-hybridized carbons (Fsp3) is 0.214. The van der Waals surface area contributed by atoms with Gasteiger partial charge in [0, 0.05) is 4.47 Å². The molecule has 0 aliphatic carbocycles. The molecule has 1 N–H and O–H groups in total. The van der Waals surface area contributed by atoms with Crippen LogP contribution in [0.2, 0.25) is 0 Å². The molecule has 0 saturated carbocycles. The molecule has 0 saturated heterocycles. The molecule has 2 aromatic heterocycles. The largest absolute Gasteiger partial charge is 0.466 e. The second-order valence-corrected chi connectivity index (χ2v) is 5.45. The zero-order valence-electron chi connectivity index (χ0n) is 10.5. The van der Waals surface area contributed by atoms with E-state index in [1.807, 2.05) is 26.0 Å². The van der Waals surface area contributed by atoms with Gasteiger partial charge in [-0.2, -0.15) is 0 Å². The van der Waals surface area contributed by atoms with E-state index in [-0.39, 0.29) is 0 Å². The van der Waals surface area contributed by atoms with Crippen LogP contribution in [0.3, 0.4) is 0 Å². The van der Waals surface area contributed by atoms with Crippen molar-refractivity contribution in [3.05, 3.63) is 39.8 Å². The summed E-state index contributed by atoms with van der Waals surface area (Å²) >= 11 is 3.50. The van der Waals surface area contributed by atoms with E-state index in [1.165, 1.54) is 0 Å². The third kappa shape index (κ3) is 1.77. The van der Waals surface area contributed by atoms with E-state index in [4.69, 9.17) is 4.42 Å². The van der Waals surface area contributed by atoms with Gasteiger partial charge < -0.3 is 9.40 Å². The highest BCUT2D eigenvalue weighted by molar-refractivity contribution is 9.10. The number of halogens is 1. The second-order valence-electron chi connectivity index (χ2n) is 4.53. The van der Waals surface area contributed by atoms with Gasteiger partial charge in [-0.1, -0.05) is 15.9 Å². The highest BCUT2D eigenvalue weighted by Gasteiger charge is 2.13. The Morgan fingerprint density at radius 1 is 1.17 bits per heavy atom. The number of nitrogens with zero attached hydrogens (tertiary/aromatic N) is 1. The molecule has 0 fully saturated rings. The number of furan rings is 1. The van der Waals surface area contributed by atoms with E-state index in [0.29, 0.717) is 0 Å². The first-order valence-corrected chi connectivity index (χ1v) is 6.57. The third-order valence-corrected chi connectivity index (χ3v) is 3.50. The maximum Gasteiger partial charge on any atom is 0.142 e. The van der Waals surface area contributed by atoms with Gasteiger partial charge in [-0.25, -0.2) is 4.98 Å². The van der Waals surface area contributed by atoms with Crippen molar-refractivity contribution in [2.75, 3.05) is 0 Å². The molecule has 2 heterocycles. The first-order chi connectivity index (χ1) is 8.54. The number of hydrogen-bond donors (Lipinski definition) is 1. The van der Waals surface area contributed by atoms with Gasteiger partial charge in [0.25, 0.3) is 0 Å². The standard InChI is InChI=1S/C14H13BrN2O/c1-7-4-10(15)6-12-13(7)17-14(16-12)11-5-8(2)18-9(11)3/h4-6H,1-3H3,(H,16,17). The van der Waals surface area contributed by atoms with Crippen LogP contribution < -0.4 is 0 Å². The van der Waals surface area contributed by atoms with Crippen LogP contribution in [-0.2, 0) is 0 Å². The van der Waals surface area contributed by atoms with Crippen molar-refractivity contribution in [2.24, 2.45) is 0 Å². The molecule has 0 amide bonds. The summed E-state index contributed by atoms with van der Waals surface area (Å²) in [6.07, 6.45) is 0. The molecule has 18 heavy (non-hydrogen) atoms. The number of rotatable bonds is 1. The van der Waals surface area contributed by atoms with Crippen LogP contribution >= 0.6 is 15.9 Å². The lowest BCUT2D eigenvalue weighted by Crippen LogP contribution is -1.79. The van der Waals surface area contributed by atoms with Crippen LogP contribution in [0.1, 0.15) is 17.1 Å². The van der Waals surface area contributed by atoms with Gasteiger partial charge >= 0.3 is 0 Å². The van der Waals surface area contributed by atoms with Crippen molar-refractivity contribution in [3.8, 4) is 11.4 Å². The molecule has 3 nitrogen and oxygen atoms in total. The van der Waals surface area contributed by atoms with Gasteiger partial charge in [-0.3, -0.25) is 0 Å². The summed E-state index contributed by atoms with van der Waals surface area (Å²) in [7, 11) is 0.